The van der Waals surface area contributed by atoms with E-state index in [9.17, 15) is 0 Å². The van der Waals surface area contributed by atoms with Gasteiger partial charge in [-0.2, -0.15) is 0 Å². The molecule has 0 aliphatic carbocycles. The van der Waals surface area contributed by atoms with Crippen LogP contribution < -0.4 is 10.1 Å². The van der Waals surface area contributed by atoms with E-state index in [1.807, 2.05) is 37.4 Å². The van der Waals surface area contributed by atoms with Crippen molar-refractivity contribution in [2.24, 2.45) is 0 Å². The number of rotatable bonds is 4. The number of nitrogens with one attached hydrogen (secondary N) is 1. The van der Waals surface area contributed by atoms with Gasteiger partial charge in [-0.15, -0.1) is 0 Å². The second kappa shape index (κ2) is 6.10. The van der Waals surface area contributed by atoms with Crippen LogP contribution in [0.5, 0.6) is 11.5 Å². The molecule has 0 unspecified atom stereocenters. The van der Waals surface area contributed by atoms with Gasteiger partial charge < -0.3 is 10.1 Å². The van der Waals surface area contributed by atoms with E-state index in [2.05, 4.69) is 5.32 Å². The van der Waals surface area contributed by atoms with Crippen LogP contribution in [0.3, 0.4) is 0 Å². The van der Waals surface area contributed by atoms with Crippen molar-refractivity contribution in [3.63, 3.8) is 0 Å². The largest absolute Gasteiger partial charge is 0.455 e. The van der Waals surface area contributed by atoms with Crippen LogP contribution in [0.25, 0.3) is 0 Å². The molecule has 18 heavy (non-hydrogen) atoms. The van der Waals surface area contributed by atoms with Gasteiger partial charge in [0.1, 0.15) is 11.5 Å². The highest BCUT2D eigenvalue weighted by atomic mass is 35.5. The van der Waals surface area contributed by atoms with Crippen LogP contribution in [-0.4, -0.2) is 7.05 Å². The van der Waals surface area contributed by atoms with E-state index in [-0.39, 0.29) is 0 Å². The third kappa shape index (κ3) is 3.16. The lowest BCUT2D eigenvalue weighted by molar-refractivity contribution is 0.474. The second-order valence-electron chi connectivity index (χ2n) is 3.81. The summed E-state index contributed by atoms with van der Waals surface area (Å²) in [7, 11) is 1.88. The Bertz CT molecular complexity index is 543. The molecule has 0 heterocycles. The maximum atomic E-state index is 6.07. The van der Waals surface area contributed by atoms with Gasteiger partial charge in [0.05, 0.1) is 5.02 Å². The predicted octanol–water partition coefficient (Wildman–Crippen LogP) is 4.51. The van der Waals surface area contributed by atoms with Gasteiger partial charge in [0, 0.05) is 17.1 Å². The molecule has 0 spiro atoms. The summed E-state index contributed by atoms with van der Waals surface area (Å²) in [6.07, 6.45) is 0. The molecule has 94 valence electrons. The third-order valence-electron chi connectivity index (χ3n) is 2.45. The van der Waals surface area contributed by atoms with Gasteiger partial charge >= 0.3 is 0 Å². The van der Waals surface area contributed by atoms with Gasteiger partial charge in [-0.3, -0.25) is 0 Å². The maximum absolute atomic E-state index is 6.07. The predicted molar refractivity (Wildman–Crippen MR) is 75.7 cm³/mol. The molecule has 2 aromatic rings. The van der Waals surface area contributed by atoms with E-state index in [0.29, 0.717) is 28.1 Å². The Balaban J connectivity index is 2.33. The molecule has 0 aliphatic rings. The van der Waals surface area contributed by atoms with Crippen LogP contribution in [0.2, 0.25) is 10.0 Å². The standard InChI is InChI=1S/C14H13Cl2NO/c1-17-9-10-6-7-11(15)8-14(10)18-13-5-3-2-4-12(13)16/h2-8,17H,9H2,1H3. The fraction of sp³-hybridized carbons (Fsp3) is 0.143. The summed E-state index contributed by atoms with van der Waals surface area (Å²) in [5.74, 6) is 1.34. The van der Waals surface area contributed by atoms with Crippen LogP contribution in [0, 0.1) is 0 Å². The maximum Gasteiger partial charge on any atom is 0.146 e. The van der Waals surface area contributed by atoms with Crippen molar-refractivity contribution in [3.05, 3.63) is 58.1 Å². The Kier molecular flexibility index (Phi) is 4.48. The number of hydrogen-bond donors (Lipinski definition) is 1. The highest BCUT2D eigenvalue weighted by Gasteiger charge is 2.07. The molecule has 0 bridgehead atoms. The molecular weight excluding hydrogens is 269 g/mol. The van der Waals surface area contributed by atoms with Crippen molar-refractivity contribution in [3.8, 4) is 11.5 Å². The van der Waals surface area contributed by atoms with Gasteiger partial charge in [0.25, 0.3) is 0 Å². The van der Waals surface area contributed by atoms with Crippen LogP contribution in [0.1, 0.15) is 5.56 Å². The molecule has 0 aromatic heterocycles. The van der Waals surface area contributed by atoms with E-state index in [1.165, 1.54) is 0 Å². The van der Waals surface area contributed by atoms with E-state index in [1.54, 1.807) is 12.1 Å². The van der Waals surface area contributed by atoms with Crippen LogP contribution in [0.4, 0.5) is 0 Å². The molecule has 0 radical (unpaired) electrons. The summed E-state index contributed by atoms with van der Waals surface area (Å²) in [5.41, 5.74) is 1.03. The Morgan fingerprint density at radius 2 is 1.83 bits per heavy atom. The molecule has 0 atom stereocenters. The summed E-state index contributed by atoms with van der Waals surface area (Å²) in [6.45, 7) is 0.705. The molecule has 4 heteroatoms. The molecule has 2 nitrogen and oxygen atoms in total. The fourth-order valence-corrected chi connectivity index (χ4v) is 1.94. The minimum atomic E-state index is 0.577. The molecule has 1 N–H and O–H groups in total. The smallest absolute Gasteiger partial charge is 0.146 e. The highest BCUT2D eigenvalue weighted by molar-refractivity contribution is 6.32. The average Bonchev–Trinajstić information content (AvgIpc) is 2.36. The first kappa shape index (κ1) is 13.2. The third-order valence-corrected chi connectivity index (χ3v) is 3.00. The highest BCUT2D eigenvalue weighted by Crippen LogP contribution is 2.32. The summed E-state index contributed by atoms with van der Waals surface area (Å²) in [5, 5.41) is 4.30. The van der Waals surface area contributed by atoms with Gasteiger partial charge in [-0.05, 0) is 31.3 Å². The normalized spacial score (nSPS) is 10.4. The van der Waals surface area contributed by atoms with Gasteiger partial charge in [0.15, 0.2) is 0 Å². The molecule has 0 amide bonds. The zero-order chi connectivity index (χ0) is 13.0. The Labute approximate surface area is 116 Å². The lowest BCUT2D eigenvalue weighted by Gasteiger charge is -2.12. The van der Waals surface area contributed by atoms with Crippen LogP contribution in [0.15, 0.2) is 42.5 Å². The van der Waals surface area contributed by atoms with Crippen LogP contribution >= 0.6 is 23.2 Å². The van der Waals surface area contributed by atoms with E-state index < -0.39 is 0 Å². The van der Waals surface area contributed by atoms with Gasteiger partial charge in [-0.25, -0.2) is 0 Å². The Hall–Kier alpha value is -1.22. The van der Waals surface area contributed by atoms with E-state index in [0.717, 1.165) is 5.56 Å². The van der Waals surface area contributed by atoms with Crippen molar-refractivity contribution in [2.45, 2.75) is 6.54 Å². The van der Waals surface area contributed by atoms with Crippen LogP contribution in [-0.2, 0) is 6.54 Å². The van der Waals surface area contributed by atoms with Gasteiger partial charge in [-0.1, -0.05) is 41.4 Å². The minimum Gasteiger partial charge on any atom is -0.455 e. The van der Waals surface area contributed by atoms with Crippen molar-refractivity contribution >= 4 is 23.2 Å². The first-order valence-corrected chi connectivity index (χ1v) is 6.31. The molecule has 0 saturated heterocycles. The molecule has 0 aliphatic heterocycles. The average molecular weight is 282 g/mol. The summed E-state index contributed by atoms with van der Waals surface area (Å²) >= 11 is 12.1. The van der Waals surface area contributed by atoms with Crippen molar-refractivity contribution in [2.75, 3.05) is 7.05 Å². The molecule has 2 aromatic carbocycles. The second-order valence-corrected chi connectivity index (χ2v) is 4.66. The van der Waals surface area contributed by atoms with Crippen molar-refractivity contribution in [1.29, 1.82) is 0 Å². The van der Waals surface area contributed by atoms with Gasteiger partial charge in [0.2, 0.25) is 0 Å². The number of halogens is 2. The molecule has 2 rings (SSSR count). The monoisotopic (exact) mass is 281 g/mol. The van der Waals surface area contributed by atoms with E-state index in [4.69, 9.17) is 27.9 Å². The lowest BCUT2D eigenvalue weighted by atomic mass is 10.2. The topological polar surface area (TPSA) is 21.3 Å². The Morgan fingerprint density at radius 3 is 2.56 bits per heavy atom. The zero-order valence-electron chi connectivity index (χ0n) is 9.91. The molecule has 0 saturated carbocycles. The zero-order valence-corrected chi connectivity index (χ0v) is 11.4. The number of para-hydroxylation sites is 1. The minimum absolute atomic E-state index is 0.577. The number of hydrogen-bond acceptors (Lipinski definition) is 2. The lowest BCUT2D eigenvalue weighted by Crippen LogP contribution is -2.06. The number of ether oxygens (including phenoxy) is 1. The van der Waals surface area contributed by atoms with Crippen molar-refractivity contribution < 1.29 is 4.74 Å². The fourth-order valence-electron chi connectivity index (χ4n) is 1.61. The SMILES string of the molecule is CNCc1ccc(Cl)cc1Oc1ccccc1Cl. The first-order valence-electron chi connectivity index (χ1n) is 5.56. The summed E-state index contributed by atoms with van der Waals surface area (Å²) < 4.78 is 5.82. The Morgan fingerprint density at radius 1 is 1.06 bits per heavy atom. The summed E-state index contributed by atoms with van der Waals surface area (Å²) in [6, 6.07) is 12.9. The van der Waals surface area contributed by atoms with E-state index >= 15 is 0 Å². The molecule has 0 fully saturated rings. The quantitative estimate of drug-likeness (QED) is 0.891. The summed E-state index contributed by atoms with van der Waals surface area (Å²) in [4.78, 5) is 0. The first-order chi connectivity index (χ1) is 8.70. The number of benzene rings is 2. The van der Waals surface area contributed by atoms with Crippen molar-refractivity contribution in [1.82, 2.24) is 5.32 Å². The molecular formula is C14H13Cl2NO.